The molecule has 2 N–H and O–H groups in total. The molecule has 0 aliphatic carbocycles. The number of thiophene rings is 1. The van der Waals surface area contributed by atoms with E-state index in [1.165, 1.54) is 10.4 Å². The second-order valence-corrected chi connectivity index (χ2v) is 6.77. The van der Waals surface area contributed by atoms with E-state index in [0.29, 0.717) is 11.2 Å². The van der Waals surface area contributed by atoms with Gasteiger partial charge in [0.25, 0.3) is 0 Å². The van der Waals surface area contributed by atoms with Crippen molar-refractivity contribution >= 4 is 34.4 Å². The largest absolute Gasteiger partial charge is 0.360 e. The van der Waals surface area contributed by atoms with E-state index in [-0.39, 0.29) is 0 Å². The highest BCUT2D eigenvalue weighted by molar-refractivity contribution is 7.80. The van der Waals surface area contributed by atoms with Gasteiger partial charge in [0.1, 0.15) is 0 Å². The summed E-state index contributed by atoms with van der Waals surface area (Å²) in [6.45, 7) is 2.94. The summed E-state index contributed by atoms with van der Waals surface area (Å²) in [5, 5.41) is 9.32. The average Bonchev–Trinajstić information content (AvgIpc) is 3.02. The molecule has 0 amide bonds. The number of hydrogen-bond donors (Lipinski definition) is 2. The van der Waals surface area contributed by atoms with Crippen molar-refractivity contribution in [1.29, 1.82) is 0 Å². The van der Waals surface area contributed by atoms with E-state index in [9.17, 15) is 0 Å². The molecule has 1 aromatic carbocycles. The Hall–Kier alpha value is -1.43. The minimum absolute atomic E-state index is 0.321. The molecular formula is C17H23N3S2. The number of nitrogens with zero attached hydrogens (tertiary/aromatic N) is 1. The molecule has 1 heterocycles. The van der Waals surface area contributed by atoms with Gasteiger partial charge in [0.2, 0.25) is 0 Å². The van der Waals surface area contributed by atoms with Gasteiger partial charge >= 0.3 is 0 Å². The summed E-state index contributed by atoms with van der Waals surface area (Å²) >= 11 is 7.17. The molecule has 118 valence electrons. The predicted octanol–water partition coefficient (Wildman–Crippen LogP) is 3.90. The van der Waals surface area contributed by atoms with E-state index in [2.05, 4.69) is 78.3 Å². The Bertz CT molecular complexity index is 576. The van der Waals surface area contributed by atoms with Gasteiger partial charge in [-0.25, -0.2) is 0 Å². The van der Waals surface area contributed by atoms with E-state index in [1.54, 1.807) is 11.3 Å². The van der Waals surface area contributed by atoms with Crippen LogP contribution >= 0.6 is 23.6 Å². The number of benzene rings is 1. The van der Waals surface area contributed by atoms with Crippen molar-refractivity contribution in [2.75, 3.05) is 26.0 Å². The number of hydrogen-bond acceptors (Lipinski definition) is 3. The zero-order chi connectivity index (χ0) is 15.9. The monoisotopic (exact) mass is 333 g/mol. The highest BCUT2D eigenvalue weighted by atomic mass is 32.1. The summed E-state index contributed by atoms with van der Waals surface area (Å²) in [4.78, 5) is 3.55. The fourth-order valence-electron chi connectivity index (χ4n) is 2.21. The van der Waals surface area contributed by atoms with Crippen LogP contribution in [0.3, 0.4) is 0 Å². The first-order chi connectivity index (χ1) is 10.6. The summed E-state index contributed by atoms with van der Waals surface area (Å²) in [7, 11) is 4.18. The molecule has 0 aliphatic heterocycles. The van der Waals surface area contributed by atoms with Crippen molar-refractivity contribution in [2.45, 2.75) is 19.4 Å². The molecule has 0 spiro atoms. The van der Waals surface area contributed by atoms with Crippen LogP contribution in [-0.4, -0.2) is 30.7 Å². The van der Waals surface area contributed by atoms with Crippen LogP contribution in [0.4, 0.5) is 5.69 Å². The molecule has 22 heavy (non-hydrogen) atoms. The van der Waals surface area contributed by atoms with Crippen molar-refractivity contribution in [3.63, 3.8) is 0 Å². The molecule has 0 radical (unpaired) electrons. The van der Waals surface area contributed by atoms with Crippen molar-refractivity contribution in [2.24, 2.45) is 0 Å². The van der Waals surface area contributed by atoms with E-state index in [1.807, 2.05) is 0 Å². The molecule has 1 aromatic heterocycles. The van der Waals surface area contributed by atoms with Crippen LogP contribution in [0.15, 0.2) is 41.8 Å². The third-order valence-electron chi connectivity index (χ3n) is 3.57. The Kier molecular flexibility index (Phi) is 6.36. The highest BCUT2D eigenvalue weighted by Crippen LogP contribution is 2.22. The first-order valence-electron chi connectivity index (χ1n) is 7.43. The number of likely N-dealkylation sites (N-methyl/N-ethyl adjacent to an activating group) is 1. The summed E-state index contributed by atoms with van der Waals surface area (Å²) in [5.41, 5.74) is 2.35. The van der Waals surface area contributed by atoms with Crippen molar-refractivity contribution in [1.82, 2.24) is 10.2 Å². The van der Waals surface area contributed by atoms with Crippen LogP contribution in [-0.2, 0) is 6.42 Å². The topological polar surface area (TPSA) is 27.3 Å². The zero-order valence-electron chi connectivity index (χ0n) is 13.3. The minimum atomic E-state index is 0.321. The predicted molar refractivity (Wildman–Crippen MR) is 101 cm³/mol. The lowest BCUT2D eigenvalue weighted by molar-refractivity contribution is 0.303. The maximum Gasteiger partial charge on any atom is 0.170 e. The van der Waals surface area contributed by atoms with Gasteiger partial charge in [0.05, 0.1) is 6.04 Å². The number of anilines is 1. The van der Waals surface area contributed by atoms with Gasteiger partial charge in [0.15, 0.2) is 5.11 Å². The lowest BCUT2D eigenvalue weighted by atomic mass is 10.1. The van der Waals surface area contributed by atoms with Gasteiger partial charge in [-0.05, 0) is 61.9 Å². The summed E-state index contributed by atoms with van der Waals surface area (Å²) in [6, 6.07) is 12.9. The lowest BCUT2D eigenvalue weighted by Gasteiger charge is -2.24. The van der Waals surface area contributed by atoms with E-state index >= 15 is 0 Å². The number of thiocarbonyl (C=S) groups is 1. The molecular weight excluding hydrogens is 310 g/mol. The van der Waals surface area contributed by atoms with Gasteiger partial charge in [-0.15, -0.1) is 11.3 Å². The minimum Gasteiger partial charge on any atom is -0.360 e. The van der Waals surface area contributed by atoms with E-state index in [0.717, 1.165) is 18.7 Å². The number of nitrogens with one attached hydrogen (secondary N) is 2. The Morgan fingerprint density at radius 3 is 2.50 bits per heavy atom. The van der Waals surface area contributed by atoms with Gasteiger partial charge in [-0.2, -0.15) is 0 Å². The maximum atomic E-state index is 5.39. The molecule has 1 atom stereocenters. The standard InChI is InChI=1S/C17H23N3S2/c1-4-13-7-9-14(10-8-13)19-17(21)18-12-15(20(2)3)16-6-5-11-22-16/h5-11,15H,4,12H2,1-3H3,(H2,18,19,21)/t15-/m0/s1. The summed E-state index contributed by atoms with van der Waals surface area (Å²) in [6.07, 6.45) is 1.05. The van der Waals surface area contributed by atoms with Crippen LogP contribution < -0.4 is 10.6 Å². The SMILES string of the molecule is CCc1ccc(NC(=S)NC[C@@H](c2cccs2)N(C)C)cc1. The molecule has 0 bridgehead atoms. The molecule has 0 saturated heterocycles. The number of rotatable bonds is 6. The molecule has 3 nitrogen and oxygen atoms in total. The maximum absolute atomic E-state index is 5.39. The van der Waals surface area contributed by atoms with E-state index < -0.39 is 0 Å². The van der Waals surface area contributed by atoms with Crippen molar-refractivity contribution < 1.29 is 0 Å². The molecule has 0 unspecified atom stereocenters. The second kappa shape index (κ2) is 8.27. The smallest absolute Gasteiger partial charge is 0.170 e. The average molecular weight is 334 g/mol. The highest BCUT2D eigenvalue weighted by Gasteiger charge is 2.15. The first kappa shape index (κ1) is 16.9. The van der Waals surface area contributed by atoms with Crippen molar-refractivity contribution in [3.05, 3.63) is 52.2 Å². The van der Waals surface area contributed by atoms with Crippen LogP contribution in [0.1, 0.15) is 23.4 Å². The molecule has 0 fully saturated rings. The Morgan fingerprint density at radius 2 is 1.95 bits per heavy atom. The van der Waals surface area contributed by atoms with Gasteiger partial charge in [-0.1, -0.05) is 25.1 Å². The summed E-state index contributed by atoms with van der Waals surface area (Å²) in [5.74, 6) is 0. The molecule has 2 aromatic rings. The normalized spacial score (nSPS) is 12.2. The first-order valence-corrected chi connectivity index (χ1v) is 8.72. The Balaban J connectivity index is 1.88. The molecule has 2 rings (SSSR count). The zero-order valence-corrected chi connectivity index (χ0v) is 14.9. The third kappa shape index (κ3) is 4.80. The molecule has 0 saturated carbocycles. The van der Waals surface area contributed by atoms with Gasteiger partial charge in [-0.3, -0.25) is 0 Å². The number of aryl methyl sites for hydroxylation is 1. The van der Waals surface area contributed by atoms with Crippen LogP contribution in [0.5, 0.6) is 0 Å². The lowest BCUT2D eigenvalue weighted by Crippen LogP contribution is -2.36. The second-order valence-electron chi connectivity index (χ2n) is 5.38. The van der Waals surface area contributed by atoms with Crippen LogP contribution in [0, 0.1) is 0 Å². The quantitative estimate of drug-likeness (QED) is 0.784. The fraction of sp³-hybridized carbons (Fsp3) is 0.353. The van der Waals surface area contributed by atoms with E-state index in [4.69, 9.17) is 12.2 Å². The van der Waals surface area contributed by atoms with Crippen molar-refractivity contribution in [3.8, 4) is 0 Å². The fourth-order valence-corrected chi connectivity index (χ4v) is 3.33. The van der Waals surface area contributed by atoms with Crippen LogP contribution in [0.25, 0.3) is 0 Å². The van der Waals surface area contributed by atoms with Gasteiger partial charge < -0.3 is 15.5 Å². The van der Waals surface area contributed by atoms with Crippen LogP contribution in [0.2, 0.25) is 0 Å². The Labute approximate surface area is 142 Å². The molecule has 0 aliphatic rings. The third-order valence-corrected chi connectivity index (χ3v) is 4.79. The Morgan fingerprint density at radius 1 is 1.23 bits per heavy atom. The molecule has 5 heteroatoms. The summed E-state index contributed by atoms with van der Waals surface area (Å²) < 4.78 is 0. The van der Waals surface area contributed by atoms with Gasteiger partial charge in [0, 0.05) is 17.1 Å².